The summed E-state index contributed by atoms with van der Waals surface area (Å²) in [7, 11) is 0. The van der Waals surface area contributed by atoms with E-state index in [4.69, 9.17) is 4.74 Å². The standard InChI is InChI=1S/C17H30N4O3/c22-16-15(5-1-2-6-18-16)19-17(23)21-7-3-4-14(13-21)12-20-8-10-24-11-9-20/h14-15H,1-13H2,(H,18,22)(H,19,23)/t14-,15?/m1/s1. The summed E-state index contributed by atoms with van der Waals surface area (Å²) >= 11 is 0. The van der Waals surface area contributed by atoms with Crippen LogP contribution in [0.4, 0.5) is 4.79 Å². The highest BCUT2D eigenvalue weighted by Crippen LogP contribution is 2.19. The van der Waals surface area contributed by atoms with Crippen molar-refractivity contribution >= 4 is 11.9 Å². The molecule has 24 heavy (non-hydrogen) atoms. The molecule has 0 bridgehead atoms. The van der Waals surface area contributed by atoms with Gasteiger partial charge in [-0.25, -0.2) is 4.79 Å². The maximum Gasteiger partial charge on any atom is 0.318 e. The monoisotopic (exact) mass is 338 g/mol. The second kappa shape index (κ2) is 8.67. The Balaban J connectivity index is 1.48. The van der Waals surface area contributed by atoms with E-state index in [1.807, 2.05) is 4.90 Å². The smallest absolute Gasteiger partial charge is 0.318 e. The molecule has 3 aliphatic heterocycles. The van der Waals surface area contributed by atoms with E-state index in [2.05, 4.69) is 15.5 Å². The summed E-state index contributed by atoms with van der Waals surface area (Å²) in [6.07, 6.45) is 4.92. The van der Waals surface area contributed by atoms with Crippen molar-refractivity contribution in [1.82, 2.24) is 20.4 Å². The largest absolute Gasteiger partial charge is 0.379 e. The van der Waals surface area contributed by atoms with Crippen LogP contribution < -0.4 is 10.6 Å². The molecule has 0 radical (unpaired) electrons. The molecule has 0 saturated carbocycles. The number of urea groups is 1. The van der Waals surface area contributed by atoms with E-state index in [1.165, 1.54) is 6.42 Å². The van der Waals surface area contributed by atoms with Crippen LogP contribution in [0.3, 0.4) is 0 Å². The van der Waals surface area contributed by atoms with Gasteiger partial charge in [-0.2, -0.15) is 0 Å². The Hall–Kier alpha value is -1.34. The van der Waals surface area contributed by atoms with E-state index in [-0.39, 0.29) is 18.0 Å². The lowest BCUT2D eigenvalue weighted by Crippen LogP contribution is -2.53. The summed E-state index contributed by atoms with van der Waals surface area (Å²) in [6, 6.07) is -0.455. The van der Waals surface area contributed by atoms with Gasteiger partial charge < -0.3 is 20.3 Å². The van der Waals surface area contributed by atoms with Crippen molar-refractivity contribution in [2.24, 2.45) is 5.92 Å². The Morgan fingerprint density at radius 2 is 2.00 bits per heavy atom. The predicted molar refractivity (Wildman–Crippen MR) is 90.7 cm³/mol. The number of nitrogens with zero attached hydrogens (tertiary/aromatic N) is 2. The third kappa shape index (κ3) is 4.83. The highest BCUT2D eigenvalue weighted by molar-refractivity contribution is 5.87. The molecule has 0 aromatic heterocycles. The average Bonchev–Trinajstić information content (AvgIpc) is 2.81. The second-order valence-electron chi connectivity index (χ2n) is 7.16. The summed E-state index contributed by atoms with van der Waals surface area (Å²) in [5.74, 6) is 0.480. The number of morpholine rings is 1. The van der Waals surface area contributed by atoms with E-state index in [0.717, 1.165) is 78.2 Å². The molecule has 2 N–H and O–H groups in total. The minimum absolute atomic E-state index is 0.0391. The first-order chi connectivity index (χ1) is 11.7. The van der Waals surface area contributed by atoms with Crippen molar-refractivity contribution in [2.45, 2.75) is 38.1 Å². The van der Waals surface area contributed by atoms with Gasteiger partial charge in [-0.05, 0) is 38.0 Å². The van der Waals surface area contributed by atoms with Gasteiger partial charge in [0.25, 0.3) is 0 Å². The van der Waals surface area contributed by atoms with E-state index < -0.39 is 0 Å². The molecule has 3 rings (SSSR count). The van der Waals surface area contributed by atoms with Crippen LogP contribution in [0.2, 0.25) is 0 Å². The lowest BCUT2D eigenvalue weighted by Gasteiger charge is -2.37. The predicted octanol–water partition coefficient (Wildman–Crippen LogP) is 0.409. The van der Waals surface area contributed by atoms with Crippen LogP contribution in [0.5, 0.6) is 0 Å². The molecule has 0 spiro atoms. The Kier molecular flexibility index (Phi) is 6.31. The number of hydrogen-bond acceptors (Lipinski definition) is 4. The normalized spacial score (nSPS) is 29.7. The number of carbonyl (C=O) groups excluding carboxylic acids is 2. The second-order valence-corrected chi connectivity index (χ2v) is 7.16. The third-order valence-corrected chi connectivity index (χ3v) is 5.26. The Labute approximate surface area is 144 Å². The molecular weight excluding hydrogens is 308 g/mol. The van der Waals surface area contributed by atoms with Gasteiger partial charge in [-0.15, -0.1) is 0 Å². The van der Waals surface area contributed by atoms with Gasteiger partial charge in [0.2, 0.25) is 5.91 Å². The summed E-state index contributed by atoms with van der Waals surface area (Å²) in [5.41, 5.74) is 0. The van der Waals surface area contributed by atoms with Gasteiger partial charge in [0, 0.05) is 39.3 Å². The van der Waals surface area contributed by atoms with Crippen LogP contribution in [-0.2, 0) is 9.53 Å². The molecule has 2 atom stereocenters. The number of carbonyl (C=O) groups is 2. The van der Waals surface area contributed by atoms with Crippen molar-refractivity contribution in [3.05, 3.63) is 0 Å². The Bertz CT molecular complexity index is 440. The highest BCUT2D eigenvalue weighted by Gasteiger charge is 2.29. The lowest BCUT2D eigenvalue weighted by molar-refractivity contribution is -0.122. The summed E-state index contributed by atoms with van der Waals surface area (Å²) in [4.78, 5) is 28.9. The third-order valence-electron chi connectivity index (χ3n) is 5.26. The molecule has 3 aliphatic rings. The van der Waals surface area contributed by atoms with Gasteiger partial charge in [-0.1, -0.05) is 0 Å². The molecule has 0 aromatic rings. The van der Waals surface area contributed by atoms with Crippen molar-refractivity contribution in [3.63, 3.8) is 0 Å². The number of likely N-dealkylation sites (tertiary alicyclic amines) is 1. The molecule has 136 valence electrons. The minimum Gasteiger partial charge on any atom is -0.379 e. The zero-order valence-electron chi connectivity index (χ0n) is 14.5. The van der Waals surface area contributed by atoms with Crippen molar-refractivity contribution < 1.29 is 14.3 Å². The SMILES string of the molecule is O=C1NCCCCC1NC(=O)N1CCC[C@H](CN2CCOCC2)C1. The Morgan fingerprint density at radius 3 is 2.83 bits per heavy atom. The van der Waals surface area contributed by atoms with Gasteiger partial charge in [0.1, 0.15) is 6.04 Å². The summed E-state index contributed by atoms with van der Waals surface area (Å²) in [6.45, 7) is 6.95. The molecule has 0 aromatic carbocycles. The van der Waals surface area contributed by atoms with Crippen molar-refractivity contribution in [3.8, 4) is 0 Å². The minimum atomic E-state index is -0.375. The van der Waals surface area contributed by atoms with Crippen molar-refractivity contribution in [1.29, 1.82) is 0 Å². The molecular formula is C17H30N4O3. The fourth-order valence-electron chi connectivity index (χ4n) is 3.86. The van der Waals surface area contributed by atoms with Gasteiger partial charge in [-0.3, -0.25) is 9.69 Å². The van der Waals surface area contributed by atoms with Crippen LogP contribution >= 0.6 is 0 Å². The number of rotatable bonds is 3. The zero-order valence-corrected chi connectivity index (χ0v) is 14.5. The van der Waals surface area contributed by atoms with Crippen LogP contribution in [0, 0.1) is 5.92 Å². The first-order valence-corrected chi connectivity index (χ1v) is 9.35. The van der Waals surface area contributed by atoms with Crippen molar-refractivity contribution in [2.75, 3.05) is 52.5 Å². The van der Waals surface area contributed by atoms with Crippen LogP contribution in [0.25, 0.3) is 0 Å². The highest BCUT2D eigenvalue weighted by atomic mass is 16.5. The first-order valence-electron chi connectivity index (χ1n) is 9.35. The first kappa shape index (κ1) is 17.5. The summed E-state index contributed by atoms with van der Waals surface area (Å²) in [5, 5.41) is 5.82. The lowest BCUT2D eigenvalue weighted by atomic mass is 9.97. The topological polar surface area (TPSA) is 73.9 Å². The van der Waals surface area contributed by atoms with Crippen LogP contribution in [0.15, 0.2) is 0 Å². The molecule has 3 amide bonds. The number of nitrogens with one attached hydrogen (secondary N) is 2. The van der Waals surface area contributed by atoms with E-state index in [1.54, 1.807) is 0 Å². The molecule has 0 aliphatic carbocycles. The maximum absolute atomic E-state index is 12.6. The number of hydrogen-bond donors (Lipinski definition) is 2. The van der Waals surface area contributed by atoms with Crippen LogP contribution in [0.1, 0.15) is 32.1 Å². The molecule has 7 nitrogen and oxygen atoms in total. The molecule has 3 saturated heterocycles. The maximum atomic E-state index is 12.6. The van der Waals surface area contributed by atoms with E-state index >= 15 is 0 Å². The summed E-state index contributed by atoms with van der Waals surface area (Å²) < 4.78 is 5.40. The van der Waals surface area contributed by atoms with Gasteiger partial charge in [0.15, 0.2) is 0 Å². The fourth-order valence-corrected chi connectivity index (χ4v) is 3.86. The van der Waals surface area contributed by atoms with Gasteiger partial charge >= 0.3 is 6.03 Å². The average molecular weight is 338 g/mol. The molecule has 1 unspecified atom stereocenters. The van der Waals surface area contributed by atoms with Gasteiger partial charge in [0.05, 0.1) is 13.2 Å². The number of piperidine rings is 1. The molecule has 3 heterocycles. The molecule has 7 heteroatoms. The van der Waals surface area contributed by atoms with E-state index in [0.29, 0.717) is 5.92 Å². The number of ether oxygens (including phenoxy) is 1. The Morgan fingerprint density at radius 1 is 1.17 bits per heavy atom. The fraction of sp³-hybridized carbons (Fsp3) is 0.882. The zero-order chi connectivity index (χ0) is 16.8. The molecule has 3 fully saturated rings. The quantitative estimate of drug-likeness (QED) is 0.782. The van der Waals surface area contributed by atoms with E-state index in [9.17, 15) is 9.59 Å². The number of amides is 3. The van der Waals surface area contributed by atoms with Crippen LogP contribution in [-0.4, -0.2) is 80.3 Å².